The number of rotatable bonds is 8. The number of carbonyl (C=O) groups excluding carboxylic acids is 1. The van der Waals surface area contributed by atoms with Gasteiger partial charge in [0.25, 0.3) is 5.91 Å². The summed E-state index contributed by atoms with van der Waals surface area (Å²) in [7, 11) is 3.28. The van der Waals surface area contributed by atoms with Crippen LogP contribution in [0.5, 0.6) is 17.2 Å². The molecule has 1 amide bonds. The molecule has 0 bridgehead atoms. The van der Waals surface area contributed by atoms with E-state index in [0.29, 0.717) is 33.9 Å². The highest BCUT2D eigenvalue weighted by atomic mass is 32.2. The van der Waals surface area contributed by atoms with Gasteiger partial charge < -0.3 is 14.2 Å². The number of carbonyl (C=O) groups is 1. The van der Waals surface area contributed by atoms with Gasteiger partial charge in [0.1, 0.15) is 10.1 Å². The van der Waals surface area contributed by atoms with Crippen LogP contribution in [0.1, 0.15) is 23.1 Å². The Morgan fingerprint density at radius 2 is 1.80 bits per heavy atom. The van der Waals surface area contributed by atoms with Gasteiger partial charge in [0.2, 0.25) is 0 Å². The molecule has 0 aromatic heterocycles. The van der Waals surface area contributed by atoms with Crippen molar-refractivity contribution >= 4 is 40.3 Å². The van der Waals surface area contributed by atoms with E-state index in [9.17, 15) is 4.79 Å². The summed E-state index contributed by atoms with van der Waals surface area (Å²) in [6, 6.07) is 11.7. The van der Waals surface area contributed by atoms with Crippen LogP contribution in [0.4, 0.5) is 0 Å². The molecular formula is C23H25NO4S2. The highest BCUT2D eigenvalue weighted by Crippen LogP contribution is 2.34. The molecule has 30 heavy (non-hydrogen) atoms. The van der Waals surface area contributed by atoms with Crippen molar-refractivity contribution in [1.29, 1.82) is 0 Å². The molecule has 1 aliphatic heterocycles. The average molecular weight is 444 g/mol. The quantitative estimate of drug-likeness (QED) is 0.325. The Morgan fingerprint density at radius 1 is 1.03 bits per heavy atom. The van der Waals surface area contributed by atoms with Crippen LogP contribution in [0.3, 0.4) is 0 Å². The van der Waals surface area contributed by atoms with Gasteiger partial charge in [0.15, 0.2) is 11.5 Å². The van der Waals surface area contributed by atoms with E-state index in [-0.39, 0.29) is 5.91 Å². The maximum atomic E-state index is 12.2. The molecule has 158 valence electrons. The number of benzene rings is 2. The van der Waals surface area contributed by atoms with Crippen LogP contribution >= 0.6 is 24.0 Å². The molecule has 2 aromatic carbocycles. The second-order valence-electron chi connectivity index (χ2n) is 6.95. The Morgan fingerprint density at radius 3 is 2.47 bits per heavy atom. The van der Waals surface area contributed by atoms with Gasteiger partial charge in [-0.1, -0.05) is 36.1 Å². The predicted octanol–water partition coefficient (Wildman–Crippen LogP) is 4.99. The molecule has 0 N–H and O–H groups in total. The third-order valence-electron chi connectivity index (χ3n) is 4.77. The van der Waals surface area contributed by atoms with Crippen molar-refractivity contribution in [3.05, 3.63) is 58.0 Å². The average Bonchev–Trinajstić information content (AvgIpc) is 2.97. The molecule has 2 aromatic rings. The van der Waals surface area contributed by atoms with Crippen LogP contribution in [0.25, 0.3) is 6.08 Å². The van der Waals surface area contributed by atoms with Crippen molar-refractivity contribution in [3.63, 3.8) is 0 Å². The lowest BCUT2D eigenvalue weighted by atomic mass is 10.1. The maximum absolute atomic E-state index is 12.2. The summed E-state index contributed by atoms with van der Waals surface area (Å²) in [4.78, 5) is 14.2. The Hall–Kier alpha value is -2.51. The highest BCUT2D eigenvalue weighted by Gasteiger charge is 2.28. The van der Waals surface area contributed by atoms with Crippen LogP contribution < -0.4 is 14.2 Å². The number of thiocarbonyl (C=S) groups is 1. The maximum Gasteiger partial charge on any atom is 0.265 e. The summed E-state index contributed by atoms with van der Waals surface area (Å²) in [5.74, 6) is 2.06. The lowest BCUT2D eigenvalue weighted by molar-refractivity contribution is -0.121. The highest BCUT2D eigenvalue weighted by molar-refractivity contribution is 8.26. The molecule has 0 saturated carbocycles. The fraction of sp³-hybridized carbons (Fsp3) is 0.304. The number of likely N-dealkylation sites (N-methyl/N-ethyl adjacent to an activating group) is 1. The van der Waals surface area contributed by atoms with Gasteiger partial charge in [-0.2, -0.15) is 0 Å². The van der Waals surface area contributed by atoms with Gasteiger partial charge in [-0.05, 0) is 60.9 Å². The first-order valence-electron chi connectivity index (χ1n) is 9.61. The van der Waals surface area contributed by atoms with Gasteiger partial charge >= 0.3 is 0 Å². The molecule has 1 saturated heterocycles. The Labute approximate surface area is 187 Å². The predicted molar refractivity (Wildman–Crippen MR) is 125 cm³/mol. The third kappa shape index (κ3) is 5.34. The molecule has 0 radical (unpaired) electrons. The van der Waals surface area contributed by atoms with Crippen molar-refractivity contribution in [2.45, 2.75) is 20.3 Å². The third-order valence-corrected chi connectivity index (χ3v) is 6.25. The van der Waals surface area contributed by atoms with Crippen LogP contribution in [-0.2, 0) is 4.79 Å². The summed E-state index contributed by atoms with van der Waals surface area (Å²) in [6.07, 6.45) is 2.56. The van der Waals surface area contributed by atoms with E-state index in [1.54, 1.807) is 14.2 Å². The van der Waals surface area contributed by atoms with Crippen molar-refractivity contribution in [2.75, 3.05) is 27.4 Å². The number of hydrogen-bond acceptors (Lipinski definition) is 6. The second-order valence-corrected chi connectivity index (χ2v) is 8.62. The minimum Gasteiger partial charge on any atom is -0.493 e. The fourth-order valence-electron chi connectivity index (χ4n) is 2.82. The van der Waals surface area contributed by atoms with Crippen LogP contribution in [0.2, 0.25) is 0 Å². The summed E-state index contributed by atoms with van der Waals surface area (Å²) < 4.78 is 17.7. The molecular weight excluding hydrogens is 418 g/mol. The van der Waals surface area contributed by atoms with Gasteiger partial charge in [-0.15, -0.1) is 0 Å². The molecule has 7 heteroatoms. The Balaban J connectivity index is 1.54. The van der Waals surface area contributed by atoms with E-state index in [1.165, 1.54) is 27.8 Å². The van der Waals surface area contributed by atoms with Crippen LogP contribution in [0, 0.1) is 13.8 Å². The second kappa shape index (κ2) is 10.00. The zero-order chi connectivity index (χ0) is 21.7. The number of aryl methyl sites for hydroxylation is 2. The van der Waals surface area contributed by atoms with Gasteiger partial charge in [0, 0.05) is 13.5 Å². The van der Waals surface area contributed by atoms with E-state index in [0.717, 1.165) is 17.7 Å². The normalized spacial score (nSPS) is 15.1. The summed E-state index contributed by atoms with van der Waals surface area (Å²) >= 11 is 6.46. The first-order valence-corrected chi connectivity index (χ1v) is 10.8. The summed E-state index contributed by atoms with van der Waals surface area (Å²) in [6.45, 7) is 5.24. The minimum absolute atomic E-state index is 0.0898. The zero-order valence-electron chi connectivity index (χ0n) is 17.6. The summed E-state index contributed by atoms with van der Waals surface area (Å²) in [5.41, 5.74) is 3.32. The van der Waals surface area contributed by atoms with Crippen LogP contribution in [0.15, 0.2) is 41.3 Å². The minimum atomic E-state index is -0.0898. The molecule has 1 heterocycles. The number of nitrogens with zero attached hydrogens (tertiary/aromatic N) is 1. The van der Waals surface area contributed by atoms with E-state index in [4.69, 9.17) is 26.4 Å². The Kier molecular flexibility index (Phi) is 7.39. The first-order chi connectivity index (χ1) is 14.4. The van der Waals surface area contributed by atoms with E-state index >= 15 is 0 Å². The topological polar surface area (TPSA) is 48.0 Å². The molecule has 0 atom stereocenters. The molecule has 0 unspecified atom stereocenters. The Bertz CT molecular complexity index is 987. The number of ether oxygens (including phenoxy) is 3. The fourth-order valence-corrected chi connectivity index (χ4v) is 4.00. The first kappa shape index (κ1) is 22.2. The van der Waals surface area contributed by atoms with E-state index in [2.05, 4.69) is 19.9 Å². The molecule has 1 aliphatic rings. The number of thioether (sulfide) groups is 1. The van der Waals surface area contributed by atoms with Crippen molar-refractivity contribution < 1.29 is 19.0 Å². The molecule has 3 rings (SSSR count). The number of methoxy groups -OCH3 is 1. The molecule has 1 fully saturated rings. The van der Waals surface area contributed by atoms with E-state index in [1.807, 2.05) is 36.4 Å². The molecule has 0 aliphatic carbocycles. The summed E-state index contributed by atoms with van der Waals surface area (Å²) in [5, 5.41) is 0. The lowest BCUT2D eigenvalue weighted by Gasteiger charge is -2.12. The number of amides is 1. The van der Waals surface area contributed by atoms with Crippen molar-refractivity contribution in [2.24, 2.45) is 0 Å². The van der Waals surface area contributed by atoms with Crippen molar-refractivity contribution in [3.8, 4) is 17.2 Å². The SMILES string of the molecule is COc1cc(/C=C2\SC(=S)N(C)C2=O)ccc1OCCCOc1ccc(C)c(C)c1. The zero-order valence-corrected chi connectivity index (χ0v) is 19.2. The van der Waals surface area contributed by atoms with Gasteiger partial charge in [-0.3, -0.25) is 9.69 Å². The van der Waals surface area contributed by atoms with Crippen molar-refractivity contribution in [1.82, 2.24) is 4.90 Å². The molecule has 0 spiro atoms. The van der Waals surface area contributed by atoms with Crippen LogP contribution in [-0.4, -0.2) is 42.5 Å². The number of hydrogen-bond donors (Lipinski definition) is 0. The van der Waals surface area contributed by atoms with Gasteiger partial charge in [0.05, 0.1) is 25.2 Å². The van der Waals surface area contributed by atoms with E-state index < -0.39 is 0 Å². The standard InChI is InChI=1S/C23H25NO4S2/c1-15-6-8-18(12-16(15)2)27-10-5-11-28-19-9-7-17(13-20(19)26-4)14-21-22(25)24(3)23(29)30-21/h6-9,12-14H,5,10-11H2,1-4H3/b21-14-. The monoisotopic (exact) mass is 443 g/mol. The van der Waals surface area contributed by atoms with Gasteiger partial charge in [-0.25, -0.2) is 0 Å². The smallest absolute Gasteiger partial charge is 0.265 e. The molecule has 5 nitrogen and oxygen atoms in total. The largest absolute Gasteiger partial charge is 0.493 e. The lowest BCUT2D eigenvalue weighted by Crippen LogP contribution is -2.22.